The molecule has 1 fully saturated rings. The largest absolute Gasteiger partial charge is 0.447 e. The van der Waals surface area contributed by atoms with Crippen molar-refractivity contribution in [2.24, 2.45) is 0 Å². The molecule has 1 amide bonds. The molecule has 0 saturated carbocycles. The second-order valence-corrected chi connectivity index (χ2v) is 8.50. The minimum absolute atomic E-state index is 0.260. The number of hydrogen-bond acceptors (Lipinski definition) is 5. The molecule has 0 spiro atoms. The molecule has 0 bridgehead atoms. The third-order valence-electron chi connectivity index (χ3n) is 5.67. The molecule has 6 nitrogen and oxygen atoms in total. The summed E-state index contributed by atoms with van der Waals surface area (Å²) in [4.78, 5) is 21.6. The first-order valence-corrected chi connectivity index (χ1v) is 10.9. The summed E-state index contributed by atoms with van der Waals surface area (Å²) < 4.78 is 5.56. The summed E-state index contributed by atoms with van der Waals surface area (Å²) in [5.74, 6) is 0.304. The molecule has 0 unspecified atom stereocenters. The van der Waals surface area contributed by atoms with Gasteiger partial charge in [-0.05, 0) is 54.8 Å². The maximum atomic E-state index is 12.5. The highest BCUT2D eigenvalue weighted by molar-refractivity contribution is 6.30. The monoisotopic (exact) mass is 438 g/mol. The zero-order valence-corrected chi connectivity index (χ0v) is 18.7. The van der Waals surface area contributed by atoms with Crippen LogP contribution in [-0.2, 0) is 13.1 Å². The Bertz CT molecular complexity index is 1060. The lowest BCUT2D eigenvalue weighted by molar-refractivity contribution is 0.102. The van der Waals surface area contributed by atoms with Crippen LogP contribution in [0.15, 0.2) is 53.1 Å². The molecule has 0 atom stereocenters. The Morgan fingerprint density at radius 3 is 2.48 bits per heavy atom. The van der Waals surface area contributed by atoms with Crippen molar-refractivity contribution in [3.63, 3.8) is 0 Å². The molecule has 1 aromatic heterocycles. The number of nitrogens with zero attached hydrogens (tertiary/aromatic N) is 3. The SMILES string of the molecule is Cc1ccc(NC(=O)c2coc(CN3CCN(Cc4cccc(Cl)c4)CC3)n2)cc1C. The summed E-state index contributed by atoms with van der Waals surface area (Å²) in [6, 6.07) is 13.9. The van der Waals surface area contributed by atoms with Crippen molar-refractivity contribution in [3.05, 3.63) is 82.0 Å². The van der Waals surface area contributed by atoms with Crippen molar-refractivity contribution in [1.29, 1.82) is 0 Å². The van der Waals surface area contributed by atoms with Crippen LogP contribution in [0.25, 0.3) is 0 Å². The van der Waals surface area contributed by atoms with Gasteiger partial charge in [-0.3, -0.25) is 14.6 Å². The van der Waals surface area contributed by atoms with E-state index in [0.717, 1.165) is 49.0 Å². The molecule has 31 heavy (non-hydrogen) atoms. The van der Waals surface area contributed by atoms with E-state index in [9.17, 15) is 4.79 Å². The molecule has 1 N–H and O–H groups in total. The fourth-order valence-electron chi connectivity index (χ4n) is 3.69. The Morgan fingerprint density at radius 1 is 1.03 bits per heavy atom. The second-order valence-electron chi connectivity index (χ2n) is 8.06. The number of benzene rings is 2. The highest BCUT2D eigenvalue weighted by atomic mass is 35.5. The number of aryl methyl sites for hydroxylation is 2. The van der Waals surface area contributed by atoms with E-state index in [4.69, 9.17) is 16.0 Å². The maximum absolute atomic E-state index is 12.5. The number of oxazole rings is 1. The van der Waals surface area contributed by atoms with Crippen LogP contribution >= 0.6 is 11.6 Å². The second kappa shape index (κ2) is 9.64. The summed E-state index contributed by atoms with van der Waals surface area (Å²) in [5, 5.41) is 3.66. The van der Waals surface area contributed by atoms with Gasteiger partial charge < -0.3 is 9.73 Å². The lowest BCUT2D eigenvalue weighted by Crippen LogP contribution is -2.45. The van der Waals surface area contributed by atoms with Gasteiger partial charge in [0.2, 0.25) is 5.89 Å². The lowest BCUT2D eigenvalue weighted by atomic mass is 10.1. The molecule has 4 rings (SSSR count). The van der Waals surface area contributed by atoms with E-state index < -0.39 is 0 Å². The van der Waals surface area contributed by atoms with Crippen molar-refractivity contribution in [2.75, 3.05) is 31.5 Å². The van der Waals surface area contributed by atoms with Crippen LogP contribution in [0.2, 0.25) is 5.02 Å². The minimum atomic E-state index is -0.260. The first-order chi connectivity index (χ1) is 15.0. The number of carbonyl (C=O) groups is 1. The summed E-state index contributed by atoms with van der Waals surface area (Å²) in [5.41, 5.74) is 4.61. The highest BCUT2D eigenvalue weighted by Gasteiger charge is 2.20. The van der Waals surface area contributed by atoms with Crippen molar-refractivity contribution < 1.29 is 9.21 Å². The number of aromatic nitrogens is 1. The molecule has 2 heterocycles. The molecule has 3 aromatic rings. The number of piperazine rings is 1. The number of halogens is 1. The molecule has 1 aliphatic rings. The predicted molar refractivity (Wildman–Crippen MR) is 122 cm³/mol. The van der Waals surface area contributed by atoms with Crippen molar-refractivity contribution in [3.8, 4) is 0 Å². The standard InChI is InChI=1S/C24H27ClN4O2/c1-17-6-7-21(12-18(17)2)26-24(30)22-16-31-23(27-22)15-29-10-8-28(9-11-29)14-19-4-3-5-20(25)13-19/h3-7,12-13,16H,8-11,14-15H2,1-2H3,(H,26,30). The number of anilines is 1. The van der Waals surface area contributed by atoms with Crippen molar-refractivity contribution >= 4 is 23.2 Å². The Kier molecular flexibility index (Phi) is 6.70. The Hall–Kier alpha value is -2.67. The topological polar surface area (TPSA) is 61.6 Å². The number of amides is 1. The number of carbonyl (C=O) groups excluding carboxylic acids is 1. The Morgan fingerprint density at radius 2 is 1.77 bits per heavy atom. The van der Waals surface area contributed by atoms with E-state index >= 15 is 0 Å². The number of hydrogen-bond donors (Lipinski definition) is 1. The van der Waals surface area contributed by atoms with Crippen LogP contribution in [0.1, 0.15) is 33.1 Å². The van der Waals surface area contributed by atoms with Gasteiger partial charge in [-0.1, -0.05) is 29.8 Å². The van der Waals surface area contributed by atoms with E-state index in [0.29, 0.717) is 18.1 Å². The van der Waals surface area contributed by atoms with Crippen LogP contribution < -0.4 is 5.32 Å². The van der Waals surface area contributed by atoms with Gasteiger partial charge in [0.15, 0.2) is 5.69 Å². The van der Waals surface area contributed by atoms with Gasteiger partial charge in [0.05, 0.1) is 6.54 Å². The van der Waals surface area contributed by atoms with E-state index in [-0.39, 0.29) is 5.91 Å². The van der Waals surface area contributed by atoms with Crippen LogP contribution in [0, 0.1) is 13.8 Å². The number of rotatable bonds is 6. The van der Waals surface area contributed by atoms with Gasteiger partial charge in [0.25, 0.3) is 5.91 Å². The van der Waals surface area contributed by atoms with E-state index in [2.05, 4.69) is 26.2 Å². The first kappa shape index (κ1) is 21.6. The molecule has 1 aliphatic heterocycles. The molecule has 7 heteroatoms. The summed E-state index contributed by atoms with van der Waals surface area (Å²) in [6.07, 6.45) is 1.43. The molecular weight excluding hydrogens is 412 g/mol. The van der Waals surface area contributed by atoms with Crippen LogP contribution in [0.4, 0.5) is 5.69 Å². The molecule has 1 saturated heterocycles. The lowest BCUT2D eigenvalue weighted by Gasteiger charge is -2.34. The summed E-state index contributed by atoms with van der Waals surface area (Å²) in [7, 11) is 0. The number of nitrogens with one attached hydrogen (secondary N) is 1. The van der Waals surface area contributed by atoms with Crippen LogP contribution in [-0.4, -0.2) is 46.9 Å². The van der Waals surface area contributed by atoms with Crippen LogP contribution in [0.5, 0.6) is 0 Å². The van der Waals surface area contributed by atoms with Gasteiger partial charge in [0.1, 0.15) is 6.26 Å². The van der Waals surface area contributed by atoms with E-state index in [1.54, 1.807) is 0 Å². The first-order valence-electron chi connectivity index (χ1n) is 10.5. The van der Waals surface area contributed by atoms with E-state index in [1.165, 1.54) is 17.4 Å². The third-order valence-corrected chi connectivity index (χ3v) is 5.90. The Balaban J connectivity index is 1.27. The third kappa shape index (κ3) is 5.73. The van der Waals surface area contributed by atoms with Gasteiger partial charge in [-0.2, -0.15) is 0 Å². The maximum Gasteiger partial charge on any atom is 0.277 e. The molecule has 2 aromatic carbocycles. The van der Waals surface area contributed by atoms with Gasteiger partial charge in [-0.25, -0.2) is 4.98 Å². The van der Waals surface area contributed by atoms with Crippen LogP contribution in [0.3, 0.4) is 0 Å². The predicted octanol–water partition coefficient (Wildman–Crippen LogP) is 4.51. The quantitative estimate of drug-likeness (QED) is 0.613. The summed E-state index contributed by atoms with van der Waals surface area (Å²) >= 11 is 6.09. The van der Waals surface area contributed by atoms with Gasteiger partial charge >= 0.3 is 0 Å². The fourth-order valence-corrected chi connectivity index (χ4v) is 3.91. The smallest absolute Gasteiger partial charge is 0.277 e. The van der Waals surface area contributed by atoms with Gasteiger partial charge in [-0.15, -0.1) is 0 Å². The van der Waals surface area contributed by atoms with Gasteiger partial charge in [0, 0.05) is 43.4 Å². The Labute approximate surface area is 187 Å². The molecule has 0 radical (unpaired) electrons. The summed E-state index contributed by atoms with van der Waals surface area (Å²) in [6.45, 7) is 9.34. The van der Waals surface area contributed by atoms with E-state index in [1.807, 2.05) is 50.2 Å². The van der Waals surface area contributed by atoms with Crippen molar-refractivity contribution in [2.45, 2.75) is 26.9 Å². The molecular formula is C24H27ClN4O2. The minimum Gasteiger partial charge on any atom is -0.447 e. The average molecular weight is 439 g/mol. The zero-order chi connectivity index (χ0) is 21.8. The van der Waals surface area contributed by atoms with Crippen molar-refractivity contribution in [1.82, 2.24) is 14.8 Å². The normalized spacial score (nSPS) is 15.2. The fraction of sp³-hybridized carbons (Fsp3) is 0.333. The molecule has 162 valence electrons. The highest BCUT2D eigenvalue weighted by Crippen LogP contribution is 2.17. The average Bonchev–Trinajstić information content (AvgIpc) is 3.21. The molecule has 0 aliphatic carbocycles. The zero-order valence-electron chi connectivity index (χ0n) is 17.9.